The number of hydrogen-bond acceptors (Lipinski definition) is 9. The quantitative estimate of drug-likeness (QED) is 0.619. The summed E-state index contributed by atoms with van der Waals surface area (Å²) in [6.45, 7) is 0. The molecule has 0 spiro atoms. The highest BCUT2D eigenvalue weighted by atomic mass is 32.2. The van der Waals surface area contributed by atoms with E-state index < -0.39 is 10.0 Å². The molecule has 144 valence electrons. The molecule has 0 amide bonds. The molecular weight excluding hydrogens is 376 g/mol. The van der Waals surface area contributed by atoms with Gasteiger partial charge in [0.05, 0.1) is 21.3 Å². The highest BCUT2D eigenvalue weighted by Crippen LogP contribution is 2.37. The van der Waals surface area contributed by atoms with Crippen LogP contribution in [0.4, 0.5) is 11.6 Å². The first-order valence-electron chi connectivity index (χ1n) is 7.71. The van der Waals surface area contributed by atoms with Gasteiger partial charge in [-0.25, -0.2) is 8.42 Å². The van der Waals surface area contributed by atoms with E-state index in [9.17, 15) is 8.42 Å². The number of pyridine rings is 1. The number of rotatable bonds is 7. The van der Waals surface area contributed by atoms with Gasteiger partial charge in [-0.2, -0.15) is 4.98 Å². The molecule has 0 unspecified atom stereocenters. The zero-order valence-electron chi connectivity index (χ0n) is 15.1. The Balaban J connectivity index is 2.13. The zero-order valence-corrected chi connectivity index (χ0v) is 15.9. The number of anilines is 2. The predicted molar refractivity (Wildman–Crippen MR) is 98.3 cm³/mol. The van der Waals surface area contributed by atoms with Gasteiger partial charge in [0, 0.05) is 13.1 Å². The number of sulfonamides is 1. The van der Waals surface area contributed by atoms with Gasteiger partial charge in [-0.3, -0.25) is 4.72 Å². The highest BCUT2D eigenvalue weighted by molar-refractivity contribution is 7.93. The van der Waals surface area contributed by atoms with Crippen molar-refractivity contribution in [2.24, 2.45) is 0 Å². The summed E-state index contributed by atoms with van der Waals surface area (Å²) < 4.78 is 49.2. The summed E-state index contributed by atoms with van der Waals surface area (Å²) in [5.74, 6) is 1.01. The number of methoxy groups -OCH3 is 3. The van der Waals surface area contributed by atoms with E-state index in [-0.39, 0.29) is 33.3 Å². The van der Waals surface area contributed by atoms with Crippen molar-refractivity contribution in [3.8, 4) is 17.2 Å². The number of hydrogen-bond donors (Lipinski definition) is 2. The van der Waals surface area contributed by atoms with Crippen LogP contribution in [0.2, 0.25) is 0 Å². The molecule has 3 rings (SSSR count). The Morgan fingerprint density at radius 3 is 2.22 bits per heavy atom. The molecule has 2 N–H and O–H groups in total. The minimum atomic E-state index is -4.12. The third-order valence-electron chi connectivity index (χ3n) is 3.77. The average Bonchev–Trinajstić information content (AvgIpc) is 3.08. The van der Waals surface area contributed by atoms with E-state index in [0.717, 1.165) is 0 Å². The Morgan fingerprint density at radius 1 is 1.04 bits per heavy atom. The minimum absolute atomic E-state index is 0.0648. The fourth-order valence-corrected chi connectivity index (χ4v) is 3.87. The van der Waals surface area contributed by atoms with Crippen LogP contribution in [-0.2, 0) is 10.0 Å². The first kappa shape index (κ1) is 18.6. The zero-order chi connectivity index (χ0) is 19.6. The van der Waals surface area contributed by atoms with Crippen LogP contribution in [0.3, 0.4) is 0 Å². The Kier molecular flexibility index (Phi) is 4.95. The van der Waals surface area contributed by atoms with Crippen LogP contribution in [0.25, 0.3) is 11.1 Å². The van der Waals surface area contributed by atoms with Crippen LogP contribution in [-0.4, -0.2) is 46.9 Å². The lowest BCUT2D eigenvalue weighted by molar-refractivity contribution is 0.373. The van der Waals surface area contributed by atoms with Gasteiger partial charge in [0.15, 0.2) is 10.7 Å². The maximum atomic E-state index is 13.0. The van der Waals surface area contributed by atoms with E-state index in [1.807, 2.05) is 0 Å². The summed E-state index contributed by atoms with van der Waals surface area (Å²) in [6, 6.07) is 6.24. The van der Waals surface area contributed by atoms with Crippen LogP contribution in [0.5, 0.6) is 17.2 Å². The second-order valence-electron chi connectivity index (χ2n) is 5.27. The van der Waals surface area contributed by atoms with Crippen LogP contribution in [0, 0.1) is 0 Å². The molecule has 0 saturated heterocycles. The summed E-state index contributed by atoms with van der Waals surface area (Å²) in [5.41, 5.74) is 0.114. The van der Waals surface area contributed by atoms with Crippen molar-refractivity contribution in [1.29, 1.82) is 0 Å². The summed E-state index contributed by atoms with van der Waals surface area (Å²) in [4.78, 5) is 4.03. The molecule has 3 aromatic rings. The van der Waals surface area contributed by atoms with E-state index in [1.54, 1.807) is 19.2 Å². The smallest absolute Gasteiger partial charge is 0.270 e. The molecule has 2 aromatic heterocycles. The van der Waals surface area contributed by atoms with Crippen LogP contribution >= 0.6 is 0 Å². The van der Waals surface area contributed by atoms with Crippen LogP contribution in [0.1, 0.15) is 0 Å². The fraction of sp³-hybridized carbons (Fsp3) is 0.250. The molecule has 27 heavy (non-hydrogen) atoms. The lowest BCUT2D eigenvalue weighted by Crippen LogP contribution is -2.15. The van der Waals surface area contributed by atoms with Gasteiger partial charge in [-0.15, -0.1) is 0 Å². The summed E-state index contributed by atoms with van der Waals surface area (Å²) in [6.07, 6.45) is 0. The Hall–Kier alpha value is -3.21. The van der Waals surface area contributed by atoms with Crippen molar-refractivity contribution in [2.75, 3.05) is 38.4 Å². The fourth-order valence-electron chi connectivity index (χ4n) is 2.54. The number of nitrogens with zero attached hydrogens (tertiary/aromatic N) is 2. The minimum Gasteiger partial charge on any atom is -0.496 e. The van der Waals surface area contributed by atoms with Crippen molar-refractivity contribution in [3.05, 3.63) is 24.3 Å². The third-order valence-corrected chi connectivity index (χ3v) is 5.17. The standard InChI is InChI=1S/C16H18N4O6S/c1-17-12-8-11(25-4)13-15(19-26-16(13)18-12)20-27(21,22)14-9(23-2)6-5-7-10(14)24-3/h5-8H,1-4H3,(H,17,18)(H,19,20). The van der Waals surface area contributed by atoms with Crippen LogP contribution < -0.4 is 24.2 Å². The Bertz CT molecular complexity index is 1060. The lowest BCUT2D eigenvalue weighted by atomic mass is 10.3. The third kappa shape index (κ3) is 3.28. The van der Waals surface area contributed by atoms with Gasteiger partial charge in [-0.1, -0.05) is 11.2 Å². The first-order valence-corrected chi connectivity index (χ1v) is 9.19. The first-order chi connectivity index (χ1) is 12.9. The number of ether oxygens (including phenoxy) is 3. The van der Waals surface area contributed by atoms with Gasteiger partial charge in [0.1, 0.15) is 28.5 Å². The van der Waals surface area contributed by atoms with E-state index in [1.165, 1.54) is 33.5 Å². The largest absolute Gasteiger partial charge is 0.496 e. The molecule has 0 aliphatic carbocycles. The monoisotopic (exact) mass is 394 g/mol. The van der Waals surface area contributed by atoms with E-state index in [2.05, 4.69) is 20.2 Å². The second-order valence-corrected chi connectivity index (χ2v) is 6.89. The molecular formula is C16H18N4O6S. The highest BCUT2D eigenvalue weighted by Gasteiger charge is 2.28. The van der Waals surface area contributed by atoms with E-state index in [0.29, 0.717) is 11.6 Å². The van der Waals surface area contributed by atoms with Gasteiger partial charge in [-0.05, 0) is 12.1 Å². The molecule has 0 bridgehead atoms. The van der Waals surface area contributed by atoms with E-state index in [4.69, 9.17) is 18.7 Å². The normalized spacial score (nSPS) is 11.3. The maximum absolute atomic E-state index is 13.0. The molecule has 0 atom stereocenters. The van der Waals surface area contributed by atoms with E-state index >= 15 is 0 Å². The molecule has 2 heterocycles. The topological polar surface area (TPSA) is 125 Å². The second kappa shape index (κ2) is 7.19. The Labute approximate surface area is 155 Å². The summed E-state index contributed by atoms with van der Waals surface area (Å²) in [7, 11) is 1.74. The Morgan fingerprint density at radius 2 is 1.67 bits per heavy atom. The molecule has 0 fully saturated rings. The van der Waals surface area contributed by atoms with Gasteiger partial charge >= 0.3 is 0 Å². The summed E-state index contributed by atoms with van der Waals surface area (Å²) >= 11 is 0. The molecule has 10 nitrogen and oxygen atoms in total. The molecule has 0 radical (unpaired) electrons. The van der Waals surface area contributed by atoms with Gasteiger partial charge in [0.25, 0.3) is 15.7 Å². The molecule has 11 heteroatoms. The number of benzene rings is 1. The predicted octanol–water partition coefficient (Wildman–Crippen LogP) is 2.09. The number of nitrogens with one attached hydrogen (secondary N) is 2. The average molecular weight is 394 g/mol. The molecule has 0 saturated carbocycles. The number of aromatic nitrogens is 2. The van der Waals surface area contributed by atoms with Crippen molar-refractivity contribution >= 4 is 32.8 Å². The van der Waals surface area contributed by atoms with Crippen molar-refractivity contribution in [2.45, 2.75) is 4.90 Å². The summed E-state index contributed by atoms with van der Waals surface area (Å²) in [5, 5.41) is 6.93. The lowest BCUT2D eigenvalue weighted by Gasteiger charge is -2.14. The van der Waals surface area contributed by atoms with Crippen molar-refractivity contribution in [3.63, 3.8) is 0 Å². The van der Waals surface area contributed by atoms with Gasteiger partial charge < -0.3 is 24.1 Å². The molecule has 0 aliphatic rings. The SMILES string of the molecule is CNc1cc(OC)c2c(NS(=O)(=O)c3c(OC)cccc3OC)noc2n1. The van der Waals surface area contributed by atoms with Gasteiger partial charge in [0.2, 0.25) is 0 Å². The molecule has 1 aromatic carbocycles. The van der Waals surface area contributed by atoms with Crippen LogP contribution in [0.15, 0.2) is 33.7 Å². The van der Waals surface area contributed by atoms with Crippen molar-refractivity contribution < 1.29 is 27.2 Å². The molecule has 0 aliphatic heterocycles. The number of fused-ring (bicyclic) bond motifs is 1. The van der Waals surface area contributed by atoms with Crippen molar-refractivity contribution in [1.82, 2.24) is 10.1 Å². The maximum Gasteiger partial charge on any atom is 0.270 e.